The number of hydrogen-bond donors (Lipinski definition) is 2. The predicted octanol–water partition coefficient (Wildman–Crippen LogP) is 3.18. The molecule has 0 saturated carbocycles. The first kappa shape index (κ1) is 24.5. The molecule has 0 aliphatic carbocycles. The Morgan fingerprint density at radius 3 is 2.44 bits per heavy atom. The lowest BCUT2D eigenvalue weighted by Gasteiger charge is -2.33. The van der Waals surface area contributed by atoms with E-state index in [2.05, 4.69) is 12.4 Å². The van der Waals surface area contributed by atoms with Gasteiger partial charge in [-0.2, -0.15) is 0 Å². The van der Waals surface area contributed by atoms with Crippen molar-refractivity contribution in [2.24, 2.45) is 0 Å². The van der Waals surface area contributed by atoms with Gasteiger partial charge in [0, 0.05) is 37.2 Å². The van der Waals surface area contributed by atoms with Crippen LogP contribution in [0.15, 0.2) is 53.2 Å². The van der Waals surface area contributed by atoms with E-state index in [1.165, 1.54) is 11.0 Å². The van der Waals surface area contributed by atoms with Crippen LogP contribution in [-0.2, 0) is 9.59 Å². The minimum absolute atomic E-state index is 0.0720. The summed E-state index contributed by atoms with van der Waals surface area (Å²) >= 11 is 18.5. The average Bonchev–Trinajstić information content (AvgIpc) is 3.04. The van der Waals surface area contributed by atoms with Gasteiger partial charge in [-0.1, -0.05) is 46.9 Å². The SMILES string of the molecule is CN(C(=O)c1cccc(NC2=C(Cl)C(=O)N(c3cccc(Cl)c3Cl)C2=O)c1)C1CC[NH+](C)CC1. The summed E-state index contributed by atoms with van der Waals surface area (Å²) in [6.45, 7) is 2.06. The van der Waals surface area contributed by atoms with Gasteiger partial charge in [-0.25, -0.2) is 4.90 Å². The summed E-state index contributed by atoms with van der Waals surface area (Å²) in [5, 5.41) is 2.91. The zero-order chi connectivity index (χ0) is 24.6. The summed E-state index contributed by atoms with van der Waals surface area (Å²) < 4.78 is 0. The number of hydrogen-bond acceptors (Lipinski definition) is 4. The fourth-order valence-electron chi connectivity index (χ4n) is 4.22. The Balaban J connectivity index is 1.53. The number of amides is 3. The van der Waals surface area contributed by atoms with Gasteiger partial charge in [-0.05, 0) is 30.3 Å². The van der Waals surface area contributed by atoms with Gasteiger partial charge in [0.2, 0.25) is 0 Å². The number of likely N-dealkylation sites (tertiary alicyclic amines) is 1. The van der Waals surface area contributed by atoms with Crippen molar-refractivity contribution in [1.29, 1.82) is 0 Å². The van der Waals surface area contributed by atoms with E-state index < -0.39 is 11.8 Å². The normalized spacial score (nSPS) is 20.7. The van der Waals surface area contributed by atoms with Crippen LogP contribution in [-0.4, -0.2) is 55.8 Å². The smallest absolute Gasteiger partial charge is 0.283 e. The Labute approximate surface area is 212 Å². The van der Waals surface area contributed by atoms with E-state index in [1.807, 2.05) is 7.05 Å². The zero-order valence-electron chi connectivity index (χ0n) is 18.7. The van der Waals surface area contributed by atoms with E-state index in [1.54, 1.807) is 41.3 Å². The molecule has 2 aromatic rings. The Bertz CT molecular complexity index is 1190. The lowest BCUT2D eigenvalue weighted by Crippen LogP contribution is -3.10. The van der Waals surface area contributed by atoms with Crippen LogP contribution in [0.25, 0.3) is 0 Å². The number of halogens is 3. The molecule has 7 nitrogen and oxygen atoms in total. The highest BCUT2D eigenvalue weighted by molar-refractivity contribution is 6.54. The predicted molar refractivity (Wildman–Crippen MR) is 134 cm³/mol. The van der Waals surface area contributed by atoms with Crippen molar-refractivity contribution < 1.29 is 19.3 Å². The van der Waals surface area contributed by atoms with Gasteiger partial charge < -0.3 is 15.1 Å². The molecule has 3 amide bonds. The van der Waals surface area contributed by atoms with Crippen LogP contribution in [0, 0.1) is 0 Å². The molecule has 2 aromatic carbocycles. The van der Waals surface area contributed by atoms with Gasteiger partial charge in [0.25, 0.3) is 17.7 Å². The van der Waals surface area contributed by atoms with E-state index >= 15 is 0 Å². The molecule has 0 spiro atoms. The molecule has 0 radical (unpaired) electrons. The van der Waals surface area contributed by atoms with Crippen molar-refractivity contribution in [3.05, 3.63) is 68.8 Å². The molecule has 0 aromatic heterocycles. The number of rotatable bonds is 5. The maximum atomic E-state index is 13.1. The number of piperidine rings is 1. The minimum atomic E-state index is -0.713. The number of benzene rings is 2. The zero-order valence-corrected chi connectivity index (χ0v) is 21.0. The second-order valence-corrected chi connectivity index (χ2v) is 9.68. The summed E-state index contributed by atoms with van der Waals surface area (Å²) in [7, 11) is 3.97. The van der Waals surface area contributed by atoms with E-state index in [-0.39, 0.29) is 38.4 Å². The second-order valence-electron chi connectivity index (χ2n) is 8.52. The number of anilines is 2. The number of imide groups is 1. The molecule has 10 heteroatoms. The molecule has 1 fully saturated rings. The summed E-state index contributed by atoms with van der Waals surface area (Å²) in [4.78, 5) is 43.1. The quantitative estimate of drug-likeness (QED) is 0.592. The van der Waals surface area contributed by atoms with E-state index in [9.17, 15) is 14.4 Å². The van der Waals surface area contributed by atoms with Gasteiger partial charge in [-0.15, -0.1) is 0 Å². The molecular weight excluding hydrogens is 499 g/mol. The van der Waals surface area contributed by atoms with Gasteiger partial charge in [0.1, 0.15) is 10.7 Å². The molecule has 2 aliphatic heterocycles. The average molecular weight is 523 g/mol. The standard InChI is InChI=1S/C24H23Cl3N4O3/c1-29-11-9-16(10-12-29)30(2)22(32)14-5-3-6-15(13-14)28-21-20(27)23(33)31(24(21)34)18-8-4-7-17(25)19(18)26/h3-8,13,16,28H,9-12H2,1-2H3/p+1. The molecular formula is C24H24Cl3N4O3+. The number of quaternary nitrogens is 1. The molecule has 4 rings (SSSR count). The van der Waals surface area contributed by atoms with E-state index in [4.69, 9.17) is 34.8 Å². The molecule has 2 aliphatic rings. The Kier molecular flexibility index (Phi) is 7.19. The molecule has 1 saturated heterocycles. The van der Waals surface area contributed by atoms with Crippen molar-refractivity contribution in [3.63, 3.8) is 0 Å². The molecule has 2 N–H and O–H groups in total. The molecule has 0 atom stereocenters. The minimum Gasteiger partial charge on any atom is -0.350 e. The number of nitrogens with one attached hydrogen (secondary N) is 2. The third kappa shape index (κ3) is 4.66. The lowest BCUT2D eigenvalue weighted by molar-refractivity contribution is -0.885. The monoisotopic (exact) mass is 521 g/mol. The number of carbonyl (C=O) groups excluding carboxylic acids is 3. The van der Waals surface area contributed by atoms with Crippen LogP contribution in [0.3, 0.4) is 0 Å². The second kappa shape index (κ2) is 9.96. The molecule has 2 heterocycles. The highest BCUT2D eigenvalue weighted by Gasteiger charge is 2.40. The Morgan fingerprint density at radius 2 is 1.74 bits per heavy atom. The highest BCUT2D eigenvalue weighted by atomic mass is 35.5. The maximum absolute atomic E-state index is 13.1. The van der Waals surface area contributed by atoms with Crippen LogP contribution in [0.2, 0.25) is 10.0 Å². The van der Waals surface area contributed by atoms with Crippen LogP contribution >= 0.6 is 34.8 Å². The van der Waals surface area contributed by atoms with Crippen molar-refractivity contribution >= 4 is 63.9 Å². The van der Waals surface area contributed by atoms with Crippen molar-refractivity contribution in [3.8, 4) is 0 Å². The van der Waals surface area contributed by atoms with E-state index in [0.717, 1.165) is 30.8 Å². The Morgan fingerprint density at radius 1 is 1.06 bits per heavy atom. The Hall–Kier alpha value is -2.58. The summed E-state index contributed by atoms with van der Waals surface area (Å²) in [6, 6.07) is 11.6. The fraction of sp³-hybridized carbons (Fsp3) is 0.292. The highest BCUT2D eigenvalue weighted by Crippen LogP contribution is 2.37. The molecule has 0 bridgehead atoms. The van der Waals surface area contributed by atoms with Gasteiger partial charge >= 0.3 is 0 Å². The fourth-order valence-corrected chi connectivity index (χ4v) is 4.81. The lowest BCUT2D eigenvalue weighted by atomic mass is 10.0. The summed E-state index contributed by atoms with van der Waals surface area (Å²) in [5.74, 6) is -1.48. The topological polar surface area (TPSA) is 74.2 Å². The first-order valence-corrected chi connectivity index (χ1v) is 12.0. The maximum Gasteiger partial charge on any atom is 0.283 e. The third-order valence-corrected chi connectivity index (χ3v) is 7.41. The van der Waals surface area contributed by atoms with Crippen LogP contribution < -0.4 is 15.1 Å². The van der Waals surface area contributed by atoms with Gasteiger partial charge in [0.05, 0.1) is 35.9 Å². The van der Waals surface area contributed by atoms with Crippen molar-refractivity contribution in [1.82, 2.24) is 4.90 Å². The molecule has 178 valence electrons. The largest absolute Gasteiger partial charge is 0.350 e. The van der Waals surface area contributed by atoms with Crippen molar-refractivity contribution in [2.45, 2.75) is 18.9 Å². The van der Waals surface area contributed by atoms with Gasteiger partial charge in [0.15, 0.2) is 0 Å². The van der Waals surface area contributed by atoms with Crippen LogP contribution in [0.5, 0.6) is 0 Å². The van der Waals surface area contributed by atoms with E-state index in [0.29, 0.717) is 11.3 Å². The first-order valence-electron chi connectivity index (χ1n) is 10.9. The number of carbonyl (C=O) groups is 3. The third-order valence-electron chi connectivity index (χ3n) is 6.26. The summed E-state index contributed by atoms with van der Waals surface area (Å²) in [5.41, 5.74) is 0.978. The molecule has 34 heavy (non-hydrogen) atoms. The van der Waals surface area contributed by atoms with Crippen LogP contribution in [0.4, 0.5) is 11.4 Å². The van der Waals surface area contributed by atoms with Gasteiger partial charge in [-0.3, -0.25) is 14.4 Å². The summed E-state index contributed by atoms with van der Waals surface area (Å²) in [6.07, 6.45) is 1.90. The van der Waals surface area contributed by atoms with Crippen LogP contribution in [0.1, 0.15) is 23.2 Å². The first-order chi connectivity index (χ1) is 16.2. The number of nitrogens with zero attached hydrogens (tertiary/aromatic N) is 2. The molecule has 0 unspecified atom stereocenters. The van der Waals surface area contributed by atoms with Crippen molar-refractivity contribution in [2.75, 3.05) is 37.4 Å².